The molecule has 0 radical (unpaired) electrons. The lowest BCUT2D eigenvalue weighted by atomic mass is 10.0. The number of hydrogen-bond donors (Lipinski definition) is 2. The zero-order valence-electron chi connectivity index (χ0n) is 19.0. The van der Waals surface area contributed by atoms with E-state index in [0.717, 1.165) is 62.0 Å². The third-order valence-corrected chi connectivity index (χ3v) is 6.91. The number of likely N-dealkylation sites (tertiary alicyclic amines) is 1. The highest BCUT2D eigenvalue weighted by molar-refractivity contribution is 5.92. The monoisotopic (exact) mass is 444 g/mol. The van der Waals surface area contributed by atoms with Gasteiger partial charge in [0.05, 0.1) is 17.9 Å². The van der Waals surface area contributed by atoms with Gasteiger partial charge in [-0.2, -0.15) is 5.10 Å². The van der Waals surface area contributed by atoms with E-state index in [-0.39, 0.29) is 12.5 Å². The molecule has 0 spiro atoms. The fourth-order valence-corrected chi connectivity index (χ4v) is 5.23. The number of hydrogen-bond acceptors (Lipinski definition) is 4. The summed E-state index contributed by atoms with van der Waals surface area (Å²) < 4.78 is 1.83. The molecule has 172 valence electrons. The van der Waals surface area contributed by atoms with E-state index in [4.69, 9.17) is 10.2 Å². The molecule has 1 atom stereocenters. The topological polar surface area (TPSA) is 70.4 Å². The molecule has 3 aromatic rings. The summed E-state index contributed by atoms with van der Waals surface area (Å²) in [7, 11) is 0. The molecule has 2 N–H and O–H groups in total. The van der Waals surface area contributed by atoms with E-state index in [0.29, 0.717) is 18.4 Å². The molecule has 1 unspecified atom stereocenters. The van der Waals surface area contributed by atoms with Crippen molar-refractivity contribution in [3.8, 4) is 16.9 Å². The number of aliphatic hydroxyl groups is 1. The first kappa shape index (κ1) is 21.9. The number of amides is 1. The van der Waals surface area contributed by atoms with Gasteiger partial charge in [-0.3, -0.25) is 9.69 Å². The standard InChI is InChI=1S/C27H32N4O2/c32-16-6-12-23-11-5-15-30(23)19-27(33)28-26-18-25(29-31(26)24-9-2-1-3-10-24)22-14-13-20-7-4-8-21(20)17-22/h1-3,9-10,13-14,17-18,23,32H,4-8,11-12,15-16,19H2,(H,28,33). The number of nitrogens with zero attached hydrogens (tertiary/aromatic N) is 3. The lowest BCUT2D eigenvalue weighted by Gasteiger charge is -2.23. The Morgan fingerprint density at radius 1 is 1.06 bits per heavy atom. The largest absolute Gasteiger partial charge is 0.396 e. The van der Waals surface area contributed by atoms with Crippen LogP contribution in [0.3, 0.4) is 0 Å². The number of anilines is 1. The maximum Gasteiger partial charge on any atom is 0.239 e. The van der Waals surface area contributed by atoms with Crippen molar-refractivity contribution in [2.75, 3.05) is 25.0 Å². The van der Waals surface area contributed by atoms with Gasteiger partial charge in [-0.1, -0.05) is 30.3 Å². The number of aromatic nitrogens is 2. The highest BCUT2D eigenvalue weighted by Crippen LogP contribution is 2.30. The summed E-state index contributed by atoms with van der Waals surface area (Å²) in [6.45, 7) is 1.50. The molecule has 33 heavy (non-hydrogen) atoms. The predicted molar refractivity (Wildman–Crippen MR) is 131 cm³/mol. The fourth-order valence-electron chi connectivity index (χ4n) is 5.23. The summed E-state index contributed by atoms with van der Waals surface area (Å²) in [5, 5.41) is 17.2. The summed E-state index contributed by atoms with van der Waals surface area (Å²) in [6, 6.07) is 18.9. The average molecular weight is 445 g/mol. The van der Waals surface area contributed by atoms with Crippen LogP contribution >= 0.6 is 0 Å². The first-order valence-corrected chi connectivity index (χ1v) is 12.1. The van der Waals surface area contributed by atoms with Crippen molar-refractivity contribution in [2.24, 2.45) is 0 Å². The minimum atomic E-state index is -0.0246. The Morgan fingerprint density at radius 3 is 2.76 bits per heavy atom. The molecule has 2 aromatic carbocycles. The zero-order valence-corrected chi connectivity index (χ0v) is 19.0. The SMILES string of the molecule is O=C(CN1CCCC1CCCO)Nc1cc(-c2ccc3c(c2)CCC3)nn1-c1ccccc1. The van der Waals surface area contributed by atoms with Crippen LogP contribution in [-0.4, -0.2) is 51.4 Å². The Hall–Kier alpha value is -2.96. The summed E-state index contributed by atoms with van der Waals surface area (Å²) in [4.78, 5) is 15.3. The van der Waals surface area contributed by atoms with Gasteiger partial charge in [0, 0.05) is 24.3 Å². The fraction of sp³-hybridized carbons (Fsp3) is 0.407. The van der Waals surface area contributed by atoms with Gasteiger partial charge in [-0.25, -0.2) is 4.68 Å². The van der Waals surface area contributed by atoms with Crippen LogP contribution < -0.4 is 5.32 Å². The molecule has 1 amide bonds. The lowest BCUT2D eigenvalue weighted by molar-refractivity contribution is -0.117. The van der Waals surface area contributed by atoms with E-state index in [9.17, 15) is 4.79 Å². The van der Waals surface area contributed by atoms with Gasteiger partial charge in [-0.05, 0) is 80.8 Å². The molecular formula is C27H32N4O2. The summed E-state index contributed by atoms with van der Waals surface area (Å²) >= 11 is 0. The number of nitrogens with one attached hydrogen (secondary N) is 1. The molecule has 1 aromatic heterocycles. The second-order valence-corrected chi connectivity index (χ2v) is 9.18. The molecule has 5 rings (SSSR count). The number of rotatable bonds is 8. The van der Waals surface area contributed by atoms with E-state index >= 15 is 0 Å². The molecule has 0 saturated carbocycles. The van der Waals surface area contributed by atoms with Crippen LogP contribution in [0.5, 0.6) is 0 Å². The average Bonchev–Trinajstić information content (AvgIpc) is 3.57. The minimum absolute atomic E-state index is 0.0246. The lowest BCUT2D eigenvalue weighted by Crippen LogP contribution is -2.37. The maximum atomic E-state index is 13.0. The quantitative estimate of drug-likeness (QED) is 0.546. The molecule has 1 aliphatic heterocycles. The number of fused-ring (bicyclic) bond motifs is 1. The smallest absolute Gasteiger partial charge is 0.239 e. The number of benzene rings is 2. The molecule has 6 heteroatoms. The van der Waals surface area contributed by atoms with Gasteiger partial charge in [-0.15, -0.1) is 0 Å². The van der Waals surface area contributed by atoms with Gasteiger partial charge >= 0.3 is 0 Å². The highest BCUT2D eigenvalue weighted by atomic mass is 16.3. The Kier molecular flexibility index (Phi) is 6.55. The molecule has 2 aliphatic rings. The normalized spacial score (nSPS) is 17.9. The molecule has 0 bridgehead atoms. The van der Waals surface area contributed by atoms with Crippen molar-refractivity contribution in [1.29, 1.82) is 0 Å². The molecule has 2 heterocycles. The van der Waals surface area contributed by atoms with E-state index in [1.54, 1.807) is 0 Å². The van der Waals surface area contributed by atoms with Crippen LogP contribution in [-0.2, 0) is 17.6 Å². The molecule has 1 saturated heterocycles. The van der Waals surface area contributed by atoms with Gasteiger partial charge < -0.3 is 10.4 Å². The van der Waals surface area contributed by atoms with Crippen LogP contribution in [0.1, 0.15) is 43.2 Å². The van der Waals surface area contributed by atoms with Crippen LogP contribution in [0.25, 0.3) is 16.9 Å². The van der Waals surface area contributed by atoms with Crippen molar-refractivity contribution in [1.82, 2.24) is 14.7 Å². The van der Waals surface area contributed by atoms with E-state index in [1.807, 2.05) is 41.1 Å². The first-order chi connectivity index (χ1) is 16.2. The third kappa shape index (κ3) is 4.87. The van der Waals surface area contributed by atoms with Crippen molar-refractivity contribution >= 4 is 11.7 Å². The number of aliphatic hydroxyl groups excluding tert-OH is 1. The zero-order chi connectivity index (χ0) is 22.6. The highest BCUT2D eigenvalue weighted by Gasteiger charge is 2.26. The molecular weight excluding hydrogens is 412 g/mol. The van der Waals surface area contributed by atoms with Crippen LogP contribution in [0.4, 0.5) is 5.82 Å². The van der Waals surface area contributed by atoms with Gasteiger partial charge in [0.2, 0.25) is 5.91 Å². The molecule has 1 aliphatic carbocycles. The van der Waals surface area contributed by atoms with E-state index < -0.39 is 0 Å². The van der Waals surface area contributed by atoms with E-state index in [1.165, 1.54) is 17.5 Å². The molecule has 6 nitrogen and oxygen atoms in total. The number of carbonyl (C=O) groups is 1. The predicted octanol–water partition coefficient (Wildman–Crippen LogP) is 4.20. The van der Waals surface area contributed by atoms with E-state index in [2.05, 4.69) is 28.4 Å². The summed E-state index contributed by atoms with van der Waals surface area (Å²) in [5.74, 6) is 0.663. The minimum Gasteiger partial charge on any atom is -0.396 e. The van der Waals surface area contributed by atoms with Crippen LogP contribution in [0, 0.1) is 0 Å². The third-order valence-electron chi connectivity index (χ3n) is 6.91. The number of para-hydroxylation sites is 1. The van der Waals surface area contributed by atoms with Crippen LogP contribution in [0.15, 0.2) is 54.6 Å². The second kappa shape index (κ2) is 9.89. The van der Waals surface area contributed by atoms with Crippen LogP contribution in [0.2, 0.25) is 0 Å². The summed E-state index contributed by atoms with van der Waals surface area (Å²) in [6.07, 6.45) is 7.42. The Labute approximate surface area is 195 Å². The van der Waals surface area contributed by atoms with Gasteiger partial charge in [0.15, 0.2) is 0 Å². The van der Waals surface area contributed by atoms with Gasteiger partial charge in [0.25, 0.3) is 0 Å². The maximum absolute atomic E-state index is 13.0. The first-order valence-electron chi connectivity index (χ1n) is 12.1. The van der Waals surface area contributed by atoms with Crippen molar-refractivity contribution < 1.29 is 9.90 Å². The number of carbonyl (C=O) groups excluding carboxylic acids is 1. The Balaban J connectivity index is 1.38. The van der Waals surface area contributed by atoms with Crippen molar-refractivity contribution in [2.45, 2.75) is 51.0 Å². The Morgan fingerprint density at radius 2 is 1.91 bits per heavy atom. The van der Waals surface area contributed by atoms with Crippen molar-refractivity contribution in [3.05, 3.63) is 65.7 Å². The number of aryl methyl sites for hydroxylation is 2. The summed E-state index contributed by atoms with van der Waals surface area (Å²) in [5.41, 5.74) is 5.73. The van der Waals surface area contributed by atoms with Gasteiger partial charge in [0.1, 0.15) is 5.82 Å². The molecule has 1 fully saturated rings. The van der Waals surface area contributed by atoms with Crippen molar-refractivity contribution in [3.63, 3.8) is 0 Å². The second-order valence-electron chi connectivity index (χ2n) is 9.18. The Bertz CT molecular complexity index is 1110.